The maximum atomic E-state index is 6.21. The summed E-state index contributed by atoms with van der Waals surface area (Å²) in [6.45, 7) is 3.58. The van der Waals surface area contributed by atoms with Gasteiger partial charge in [-0.2, -0.15) is 0 Å². The van der Waals surface area contributed by atoms with Gasteiger partial charge >= 0.3 is 0 Å². The van der Waals surface area contributed by atoms with Gasteiger partial charge in [0.1, 0.15) is 12.2 Å². The molecule has 1 aromatic carbocycles. The Morgan fingerprint density at radius 2 is 1.90 bits per heavy atom. The van der Waals surface area contributed by atoms with Crippen LogP contribution in [-0.4, -0.2) is 44.5 Å². The topological polar surface area (TPSA) is 60.6 Å². The maximum Gasteiger partial charge on any atom is 0.102 e. The molecule has 0 bridgehead atoms. The molecular formula is C14H19N3O2S. The van der Waals surface area contributed by atoms with Gasteiger partial charge in [0.25, 0.3) is 0 Å². The molecule has 0 saturated carbocycles. The van der Waals surface area contributed by atoms with Gasteiger partial charge in [-0.05, 0) is 19.1 Å². The van der Waals surface area contributed by atoms with Gasteiger partial charge in [0.2, 0.25) is 0 Å². The second-order valence-electron chi connectivity index (χ2n) is 5.06. The molecule has 2 aromatic rings. The zero-order valence-electron chi connectivity index (χ0n) is 11.9. The minimum absolute atomic E-state index is 0.0762. The van der Waals surface area contributed by atoms with E-state index in [1.165, 1.54) is 0 Å². The fraction of sp³-hybridized carbons (Fsp3) is 0.500. The Morgan fingerprint density at radius 3 is 2.50 bits per heavy atom. The Kier molecular flexibility index (Phi) is 3.54. The summed E-state index contributed by atoms with van der Waals surface area (Å²) in [7, 11) is 3.44. The van der Waals surface area contributed by atoms with Crippen molar-refractivity contribution in [1.29, 1.82) is 0 Å². The molecule has 0 aliphatic carbocycles. The molecule has 1 saturated heterocycles. The van der Waals surface area contributed by atoms with Gasteiger partial charge in [0.15, 0.2) is 0 Å². The van der Waals surface area contributed by atoms with E-state index in [2.05, 4.69) is 16.0 Å². The minimum atomic E-state index is 0.0762. The number of aromatic nitrogens is 1. The number of nitrogen functional groups attached to an aromatic ring is 1. The van der Waals surface area contributed by atoms with Gasteiger partial charge in [-0.1, -0.05) is 0 Å². The van der Waals surface area contributed by atoms with E-state index in [0.29, 0.717) is 0 Å². The average molecular weight is 293 g/mol. The first-order valence-corrected chi connectivity index (χ1v) is 7.41. The van der Waals surface area contributed by atoms with Crippen LogP contribution in [0.1, 0.15) is 5.01 Å². The third-order valence-corrected chi connectivity index (χ3v) is 4.74. The minimum Gasteiger partial charge on any atom is -0.397 e. The van der Waals surface area contributed by atoms with Crippen molar-refractivity contribution >= 4 is 32.9 Å². The van der Waals surface area contributed by atoms with Crippen LogP contribution >= 0.6 is 11.3 Å². The van der Waals surface area contributed by atoms with Gasteiger partial charge in [-0.15, -0.1) is 11.3 Å². The predicted octanol–water partition coefficient (Wildman–Crippen LogP) is 2.04. The van der Waals surface area contributed by atoms with Gasteiger partial charge < -0.3 is 20.1 Å². The summed E-state index contributed by atoms with van der Waals surface area (Å²) in [4.78, 5) is 6.75. The summed E-state index contributed by atoms with van der Waals surface area (Å²) in [6.07, 6.45) is 0.152. The number of methoxy groups -OCH3 is 2. The molecule has 0 spiro atoms. The first kappa shape index (κ1) is 13.6. The highest BCUT2D eigenvalue weighted by atomic mass is 32.1. The van der Waals surface area contributed by atoms with Gasteiger partial charge in [-0.3, -0.25) is 0 Å². The highest BCUT2D eigenvalue weighted by Crippen LogP contribution is 2.34. The first-order valence-electron chi connectivity index (χ1n) is 6.59. The van der Waals surface area contributed by atoms with Crippen LogP contribution in [0.5, 0.6) is 0 Å². The number of nitrogens with two attached hydrogens (primary N) is 1. The molecule has 2 unspecified atom stereocenters. The van der Waals surface area contributed by atoms with Crippen LogP contribution in [0, 0.1) is 6.92 Å². The van der Waals surface area contributed by atoms with E-state index < -0.39 is 0 Å². The van der Waals surface area contributed by atoms with E-state index in [0.717, 1.165) is 39.7 Å². The zero-order valence-corrected chi connectivity index (χ0v) is 12.7. The third-order valence-electron chi connectivity index (χ3n) is 3.81. The Labute approximate surface area is 122 Å². The van der Waals surface area contributed by atoms with E-state index in [9.17, 15) is 0 Å². The van der Waals surface area contributed by atoms with Crippen molar-refractivity contribution in [3.8, 4) is 0 Å². The number of thiazole rings is 1. The molecule has 1 aliphatic heterocycles. The molecule has 5 nitrogen and oxygen atoms in total. The Hall–Kier alpha value is -1.37. The average Bonchev–Trinajstić information content (AvgIpc) is 2.99. The molecule has 2 atom stereocenters. The lowest BCUT2D eigenvalue weighted by Gasteiger charge is -2.20. The second kappa shape index (κ2) is 5.20. The molecule has 0 radical (unpaired) electrons. The van der Waals surface area contributed by atoms with Gasteiger partial charge in [0.05, 0.1) is 26.6 Å². The van der Waals surface area contributed by atoms with Crippen LogP contribution in [0.3, 0.4) is 0 Å². The number of ether oxygens (including phenoxy) is 2. The number of hydrogen-bond acceptors (Lipinski definition) is 6. The fourth-order valence-corrected chi connectivity index (χ4v) is 3.62. The molecule has 20 heavy (non-hydrogen) atoms. The zero-order chi connectivity index (χ0) is 14.3. The molecule has 2 N–H and O–H groups in total. The number of anilines is 2. The van der Waals surface area contributed by atoms with E-state index in [1.54, 1.807) is 25.6 Å². The SMILES string of the molecule is COC1CN(c2cc3nc(C)sc3cc2N)CC1OC. The highest BCUT2D eigenvalue weighted by Gasteiger charge is 2.33. The number of benzene rings is 1. The standard InChI is InChI=1S/C14H19N3O2S/c1-8-16-10-5-11(9(15)4-14(10)20-8)17-6-12(18-2)13(7-17)19-3/h4-5,12-13H,6-7,15H2,1-3H3. The van der Waals surface area contributed by atoms with E-state index in [4.69, 9.17) is 15.2 Å². The molecule has 2 heterocycles. The quantitative estimate of drug-likeness (QED) is 0.878. The van der Waals surface area contributed by atoms with Crippen molar-refractivity contribution in [2.24, 2.45) is 0 Å². The van der Waals surface area contributed by atoms with E-state index in [1.807, 2.05) is 13.0 Å². The number of nitrogens with zero attached hydrogens (tertiary/aromatic N) is 2. The van der Waals surface area contributed by atoms with Crippen molar-refractivity contribution in [1.82, 2.24) is 4.98 Å². The van der Waals surface area contributed by atoms with Crippen LogP contribution < -0.4 is 10.6 Å². The highest BCUT2D eigenvalue weighted by molar-refractivity contribution is 7.18. The maximum absolute atomic E-state index is 6.21. The fourth-order valence-electron chi connectivity index (χ4n) is 2.76. The van der Waals surface area contributed by atoms with Crippen LogP contribution in [0.2, 0.25) is 0 Å². The van der Waals surface area contributed by atoms with Crippen LogP contribution in [0.15, 0.2) is 12.1 Å². The van der Waals surface area contributed by atoms with Crippen molar-refractivity contribution in [2.75, 3.05) is 37.9 Å². The van der Waals surface area contributed by atoms with Gasteiger partial charge in [-0.25, -0.2) is 4.98 Å². The van der Waals surface area contributed by atoms with Crippen molar-refractivity contribution in [3.63, 3.8) is 0 Å². The first-order chi connectivity index (χ1) is 9.62. The summed E-state index contributed by atoms with van der Waals surface area (Å²) in [5.41, 5.74) is 9.01. The molecule has 1 aliphatic rings. The smallest absolute Gasteiger partial charge is 0.102 e. The van der Waals surface area contributed by atoms with Crippen LogP contribution in [0.25, 0.3) is 10.2 Å². The molecule has 6 heteroatoms. The second-order valence-corrected chi connectivity index (χ2v) is 6.30. The molecular weight excluding hydrogens is 274 g/mol. The molecule has 0 amide bonds. The summed E-state index contributed by atoms with van der Waals surface area (Å²) in [6, 6.07) is 4.08. The largest absolute Gasteiger partial charge is 0.397 e. The normalized spacial score (nSPS) is 22.9. The lowest BCUT2D eigenvalue weighted by molar-refractivity contribution is -0.00461. The Morgan fingerprint density at radius 1 is 1.25 bits per heavy atom. The summed E-state index contributed by atoms with van der Waals surface area (Å²) < 4.78 is 12.1. The lowest BCUT2D eigenvalue weighted by atomic mass is 10.2. The Bertz CT molecular complexity index is 616. The molecule has 3 rings (SSSR count). The number of aryl methyl sites for hydroxylation is 1. The monoisotopic (exact) mass is 293 g/mol. The van der Waals surface area contributed by atoms with Gasteiger partial charge in [0, 0.05) is 27.3 Å². The third kappa shape index (κ3) is 2.24. The van der Waals surface area contributed by atoms with Crippen molar-refractivity contribution < 1.29 is 9.47 Å². The summed E-state index contributed by atoms with van der Waals surface area (Å²) in [5, 5.41) is 1.06. The predicted molar refractivity (Wildman–Crippen MR) is 82.6 cm³/mol. The van der Waals surface area contributed by atoms with Crippen LogP contribution in [-0.2, 0) is 9.47 Å². The van der Waals surface area contributed by atoms with E-state index >= 15 is 0 Å². The number of rotatable bonds is 3. The lowest BCUT2D eigenvalue weighted by Crippen LogP contribution is -2.27. The molecule has 1 aromatic heterocycles. The van der Waals surface area contributed by atoms with E-state index in [-0.39, 0.29) is 12.2 Å². The van der Waals surface area contributed by atoms with Crippen molar-refractivity contribution in [3.05, 3.63) is 17.1 Å². The Balaban J connectivity index is 1.96. The molecule has 108 valence electrons. The number of fused-ring (bicyclic) bond motifs is 1. The number of hydrogen-bond donors (Lipinski definition) is 1. The van der Waals surface area contributed by atoms with Crippen LogP contribution in [0.4, 0.5) is 11.4 Å². The summed E-state index contributed by atoms with van der Waals surface area (Å²) >= 11 is 1.67. The van der Waals surface area contributed by atoms with Crippen molar-refractivity contribution in [2.45, 2.75) is 19.1 Å². The summed E-state index contributed by atoms with van der Waals surface area (Å²) in [5.74, 6) is 0. The molecule has 1 fully saturated rings.